The maximum Gasteiger partial charge on any atom is 0.253 e. The summed E-state index contributed by atoms with van der Waals surface area (Å²) in [4.78, 5) is 17.3. The molecule has 0 fully saturated rings. The summed E-state index contributed by atoms with van der Waals surface area (Å²) in [5, 5.41) is 16.3. The number of aryl methyl sites for hydroxylation is 1. The Kier molecular flexibility index (Phi) is 4.95. The van der Waals surface area contributed by atoms with E-state index in [1.807, 2.05) is 37.3 Å². The van der Waals surface area contributed by atoms with Crippen LogP contribution in [0.25, 0.3) is 0 Å². The molecule has 0 spiro atoms. The lowest BCUT2D eigenvalue weighted by atomic mass is 10.0. The van der Waals surface area contributed by atoms with Crippen LogP contribution in [0.5, 0.6) is 0 Å². The summed E-state index contributed by atoms with van der Waals surface area (Å²) in [6, 6.07) is 12.2. The molecule has 0 unspecified atom stereocenters. The maximum absolute atomic E-state index is 12.6. The third-order valence-electron chi connectivity index (χ3n) is 5.11. The Morgan fingerprint density at radius 2 is 2.07 bits per heavy atom. The zero-order valence-electron chi connectivity index (χ0n) is 15.2. The van der Waals surface area contributed by atoms with Crippen LogP contribution in [-0.2, 0) is 17.6 Å². The van der Waals surface area contributed by atoms with Gasteiger partial charge >= 0.3 is 0 Å². The number of nitrogens with zero attached hydrogens (tertiary/aromatic N) is 4. The van der Waals surface area contributed by atoms with E-state index in [0.29, 0.717) is 17.1 Å². The third-order valence-corrected chi connectivity index (χ3v) is 6.07. The molecule has 6 heteroatoms. The molecule has 2 aromatic rings. The van der Waals surface area contributed by atoms with E-state index >= 15 is 0 Å². The largest absolute Gasteiger partial charge is 0.272 e. The average molecular weight is 376 g/mol. The topological polar surface area (TPSA) is 69.3 Å². The quantitative estimate of drug-likeness (QED) is 0.766. The Hall–Kier alpha value is -2.65. The molecule has 136 valence electrons. The Labute approximate surface area is 163 Å². The van der Waals surface area contributed by atoms with Crippen LogP contribution < -0.4 is 0 Å². The van der Waals surface area contributed by atoms with Crippen molar-refractivity contribution in [3.8, 4) is 6.07 Å². The average Bonchev–Trinajstić information content (AvgIpc) is 3.36. The Morgan fingerprint density at radius 1 is 1.26 bits per heavy atom. The Bertz CT molecular complexity index is 962. The molecule has 1 aromatic carbocycles. The molecule has 0 saturated carbocycles. The standard InChI is InChI=1S/C21H20N4OS/c1-14-16-8-5-9-19(16)23-21(17(14)12-22)27-13-20(26)25-11-10-18(24-25)15-6-3-2-4-7-15/h2-4,6-7H,5,8-11,13H2,1H3. The lowest BCUT2D eigenvalue weighted by Crippen LogP contribution is -2.25. The van der Waals surface area contributed by atoms with Gasteiger partial charge in [-0.3, -0.25) is 4.79 Å². The van der Waals surface area contributed by atoms with Crippen LogP contribution in [0.1, 0.15) is 40.8 Å². The highest BCUT2D eigenvalue weighted by Gasteiger charge is 2.24. The molecule has 5 nitrogen and oxygen atoms in total. The van der Waals surface area contributed by atoms with Crippen LogP contribution in [0, 0.1) is 18.3 Å². The number of fused-ring (bicyclic) bond motifs is 1. The van der Waals surface area contributed by atoms with Gasteiger partial charge in [0.05, 0.1) is 23.6 Å². The lowest BCUT2D eigenvalue weighted by molar-refractivity contribution is -0.127. The van der Waals surface area contributed by atoms with Gasteiger partial charge in [0.2, 0.25) is 0 Å². The minimum absolute atomic E-state index is 0.0465. The van der Waals surface area contributed by atoms with Crippen LogP contribution in [0.4, 0.5) is 0 Å². The summed E-state index contributed by atoms with van der Waals surface area (Å²) in [5.74, 6) is 0.195. The number of aromatic nitrogens is 1. The van der Waals surface area contributed by atoms with Crippen LogP contribution in [-0.4, -0.2) is 33.9 Å². The van der Waals surface area contributed by atoms with E-state index in [-0.39, 0.29) is 11.7 Å². The molecule has 0 N–H and O–H groups in total. The molecule has 1 amide bonds. The summed E-state index contributed by atoms with van der Waals surface area (Å²) >= 11 is 1.35. The van der Waals surface area contributed by atoms with Gasteiger partial charge in [-0.2, -0.15) is 10.4 Å². The fourth-order valence-electron chi connectivity index (χ4n) is 3.66. The Balaban J connectivity index is 1.47. The molecule has 0 bridgehead atoms. The van der Waals surface area contributed by atoms with Gasteiger partial charge in [0.15, 0.2) is 0 Å². The number of benzene rings is 1. The van der Waals surface area contributed by atoms with E-state index in [2.05, 4.69) is 16.2 Å². The maximum atomic E-state index is 12.6. The number of carbonyl (C=O) groups excluding carboxylic acids is 1. The van der Waals surface area contributed by atoms with Gasteiger partial charge in [-0.1, -0.05) is 42.1 Å². The molecule has 27 heavy (non-hydrogen) atoms. The predicted octanol–water partition coefficient (Wildman–Crippen LogP) is 3.48. The molecular formula is C21H20N4OS. The zero-order chi connectivity index (χ0) is 18.8. The highest BCUT2D eigenvalue weighted by Crippen LogP contribution is 2.32. The van der Waals surface area contributed by atoms with Crippen molar-refractivity contribution in [2.75, 3.05) is 12.3 Å². The van der Waals surface area contributed by atoms with Crippen molar-refractivity contribution in [1.82, 2.24) is 9.99 Å². The van der Waals surface area contributed by atoms with E-state index in [1.54, 1.807) is 5.01 Å². The van der Waals surface area contributed by atoms with Crippen molar-refractivity contribution in [2.24, 2.45) is 5.10 Å². The fraction of sp³-hybridized carbons (Fsp3) is 0.333. The van der Waals surface area contributed by atoms with E-state index < -0.39 is 0 Å². The number of carbonyl (C=O) groups is 1. The van der Waals surface area contributed by atoms with E-state index in [4.69, 9.17) is 0 Å². The van der Waals surface area contributed by atoms with Crippen LogP contribution in [0.2, 0.25) is 0 Å². The van der Waals surface area contributed by atoms with Crippen LogP contribution in [0.3, 0.4) is 0 Å². The molecule has 1 aliphatic heterocycles. The second kappa shape index (κ2) is 7.53. The highest BCUT2D eigenvalue weighted by molar-refractivity contribution is 8.00. The molecule has 1 aromatic heterocycles. The number of thioether (sulfide) groups is 1. The van der Waals surface area contributed by atoms with Crippen molar-refractivity contribution in [3.63, 3.8) is 0 Å². The summed E-state index contributed by atoms with van der Waals surface area (Å²) in [7, 11) is 0. The smallest absolute Gasteiger partial charge is 0.253 e. The first kappa shape index (κ1) is 17.7. The number of rotatable bonds is 4. The lowest BCUT2D eigenvalue weighted by Gasteiger charge is -2.13. The summed E-state index contributed by atoms with van der Waals surface area (Å²) in [6.45, 7) is 2.60. The van der Waals surface area contributed by atoms with Gasteiger partial charge in [-0.15, -0.1) is 0 Å². The van der Waals surface area contributed by atoms with Gasteiger partial charge in [0.25, 0.3) is 5.91 Å². The van der Waals surface area contributed by atoms with Crippen molar-refractivity contribution in [1.29, 1.82) is 5.26 Å². The van der Waals surface area contributed by atoms with Crippen LogP contribution in [0.15, 0.2) is 40.5 Å². The molecule has 4 rings (SSSR count). The van der Waals surface area contributed by atoms with Crippen molar-refractivity contribution in [2.45, 2.75) is 37.6 Å². The van der Waals surface area contributed by atoms with Gasteiger partial charge < -0.3 is 0 Å². The summed E-state index contributed by atoms with van der Waals surface area (Å²) < 4.78 is 0. The molecule has 0 radical (unpaired) electrons. The number of amides is 1. The number of hydrogen-bond acceptors (Lipinski definition) is 5. The highest BCUT2D eigenvalue weighted by atomic mass is 32.2. The van der Waals surface area contributed by atoms with E-state index in [9.17, 15) is 10.1 Å². The monoisotopic (exact) mass is 376 g/mol. The molecule has 0 atom stereocenters. The number of pyridine rings is 1. The third kappa shape index (κ3) is 3.47. The van der Waals surface area contributed by atoms with E-state index in [1.165, 1.54) is 17.3 Å². The number of nitriles is 1. The summed E-state index contributed by atoms with van der Waals surface area (Å²) in [5.41, 5.74) is 5.95. The molecule has 1 aliphatic carbocycles. The van der Waals surface area contributed by atoms with Gasteiger partial charge in [0.1, 0.15) is 11.1 Å². The fourth-order valence-corrected chi connectivity index (χ4v) is 4.58. The molecule has 0 saturated heterocycles. The predicted molar refractivity (Wildman–Crippen MR) is 106 cm³/mol. The normalized spacial score (nSPS) is 15.4. The van der Waals surface area contributed by atoms with E-state index in [0.717, 1.165) is 48.2 Å². The zero-order valence-corrected chi connectivity index (χ0v) is 16.1. The number of hydrogen-bond donors (Lipinski definition) is 0. The molecule has 2 heterocycles. The second-order valence-electron chi connectivity index (χ2n) is 6.78. The first-order chi connectivity index (χ1) is 13.2. The van der Waals surface area contributed by atoms with Gasteiger partial charge in [0, 0.05) is 12.1 Å². The Morgan fingerprint density at radius 3 is 2.85 bits per heavy atom. The van der Waals surface area contributed by atoms with Crippen LogP contribution >= 0.6 is 11.8 Å². The SMILES string of the molecule is Cc1c(C#N)c(SCC(=O)N2CCC(c3ccccc3)=N2)nc2c1CCC2. The second-order valence-corrected chi connectivity index (χ2v) is 7.74. The molecular weight excluding hydrogens is 356 g/mol. The number of hydrazone groups is 1. The minimum atomic E-state index is -0.0465. The van der Waals surface area contributed by atoms with Crippen molar-refractivity contribution in [3.05, 3.63) is 58.3 Å². The van der Waals surface area contributed by atoms with Crippen molar-refractivity contribution >= 4 is 23.4 Å². The van der Waals surface area contributed by atoms with Gasteiger partial charge in [-0.25, -0.2) is 9.99 Å². The minimum Gasteiger partial charge on any atom is -0.272 e. The van der Waals surface area contributed by atoms with Gasteiger partial charge in [-0.05, 0) is 42.9 Å². The first-order valence-corrected chi connectivity index (χ1v) is 10.1. The first-order valence-electron chi connectivity index (χ1n) is 9.16. The molecule has 2 aliphatic rings. The van der Waals surface area contributed by atoms with Crippen molar-refractivity contribution < 1.29 is 4.79 Å². The summed E-state index contributed by atoms with van der Waals surface area (Å²) in [6.07, 6.45) is 3.81.